The van der Waals surface area contributed by atoms with Crippen molar-refractivity contribution in [1.82, 2.24) is 4.98 Å². The van der Waals surface area contributed by atoms with Gasteiger partial charge in [0.2, 0.25) is 0 Å². The zero-order chi connectivity index (χ0) is 9.19. The fraction of sp³-hybridized carbons (Fsp3) is 0.444. The van der Waals surface area contributed by atoms with Gasteiger partial charge in [0.15, 0.2) is 5.78 Å². The van der Waals surface area contributed by atoms with Crippen LogP contribution in [0.3, 0.4) is 0 Å². The summed E-state index contributed by atoms with van der Waals surface area (Å²) in [7, 11) is 0. The summed E-state index contributed by atoms with van der Waals surface area (Å²) in [6.07, 6.45) is 2.10. The zero-order valence-corrected chi connectivity index (χ0v) is 7.42. The average Bonchev–Trinajstić information content (AvgIpc) is 2.32. The molecule has 3 heteroatoms. The minimum atomic E-state index is -0.428. The molecule has 0 saturated heterocycles. The fourth-order valence-corrected chi connectivity index (χ4v) is 1.01. The number of aromatic amines is 1. The van der Waals surface area contributed by atoms with Crippen molar-refractivity contribution >= 4 is 5.78 Å². The van der Waals surface area contributed by atoms with Crippen molar-refractivity contribution < 1.29 is 4.79 Å². The van der Waals surface area contributed by atoms with Crippen LogP contribution in [-0.2, 0) is 0 Å². The Morgan fingerprint density at radius 3 is 2.75 bits per heavy atom. The molecule has 0 saturated carbocycles. The second-order valence-corrected chi connectivity index (χ2v) is 3.67. The molecule has 0 aromatic carbocycles. The Hall–Kier alpha value is -1.09. The van der Waals surface area contributed by atoms with Gasteiger partial charge in [0.05, 0.1) is 5.69 Å². The Balaban J connectivity index is 2.63. The van der Waals surface area contributed by atoms with E-state index in [1.54, 1.807) is 18.3 Å². The molecule has 0 amide bonds. The minimum Gasteiger partial charge on any atom is -0.359 e. The smallest absolute Gasteiger partial charge is 0.180 e. The molecule has 0 spiro atoms. The quantitative estimate of drug-likeness (QED) is 0.665. The number of hydrogen-bond acceptors (Lipinski definition) is 2. The molecule has 0 aliphatic carbocycles. The Labute approximate surface area is 72.0 Å². The molecule has 3 N–H and O–H groups in total. The van der Waals surface area contributed by atoms with Crippen LogP contribution in [-0.4, -0.2) is 16.3 Å². The lowest BCUT2D eigenvalue weighted by Crippen LogP contribution is -2.34. The molecule has 0 radical (unpaired) electrons. The molecule has 0 aliphatic rings. The lowest BCUT2D eigenvalue weighted by atomic mass is 9.98. The third kappa shape index (κ3) is 2.51. The largest absolute Gasteiger partial charge is 0.359 e. The zero-order valence-electron chi connectivity index (χ0n) is 7.42. The van der Waals surface area contributed by atoms with Crippen LogP contribution in [0.1, 0.15) is 30.8 Å². The third-order valence-electron chi connectivity index (χ3n) is 1.51. The Kier molecular flexibility index (Phi) is 2.33. The minimum absolute atomic E-state index is 0.0625. The standard InChI is InChI=1S/C9H14N2O/c1-9(2,10)6-8(12)7-4-3-5-11-7/h3-5,11H,6,10H2,1-2H3. The lowest BCUT2D eigenvalue weighted by Gasteiger charge is -2.16. The molecule has 3 nitrogen and oxygen atoms in total. The van der Waals surface area contributed by atoms with Crippen LogP contribution in [0, 0.1) is 0 Å². The maximum absolute atomic E-state index is 11.4. The van der Waals surface area contributed by atoms with Crippen molar-refractivity contribution in [2.75, 3.05) is 0 Å². The maximum Gasteiger partial charge on any atom is 0.180 e. The Morgan fingerprint density at radius 2 is 2.33 bits per heavy atom. The summed E-state index contributed by atoms with van der Waals surface area (Å²) in [5.41, 5.74) is 5.91. The van der Waals surface area contributed by atoms with Gasteiger partial charge in [-0.15, -0.1) is 0 Å². The summed E-state index contributed by atoms with van der Waals surface area (Å²) >= 11 is 0. The molecular formula is C9H14N2O. The van der Waals surface area contributed by atoms with Gasteiger partial charge in [-0.25, -0.2) is 0 Å². The highest BCUT2D eigenvalue weighted by atomic mass is 16.1. The van der Waals surface area contributed by atoms with Crippen LogP contribution in [0.5, 0.6) is 0 Å². The lowest BCUT2D eigenvalue weighted by molar-refractivity contribution is 0.0956. The molecule has 1 rings (SSSR count). The molecule has 1 aromatic rings. The van der Waals surface area contributed by atoms with Crippen LogP contribution < -0.4 is 5.73 Å². The van der Waals surface area contributed by atoms with Gasteiger partial charge in [-0.2, -0.15) is 0 Å². The van der Waals surface area contributed by atoms with E-state index in [2.05, 4.69) is 4.98 Å². The van der Waals surface area contributed by atoms with Crippen LogP contribution >= 0.6 is 0 Å². The van der Waals surface area contributed by atoms with Gasteiger partial charge in [-0.1, -0.05) is 0 Å². The normalized spacial score (nSPS) is 11.6. The average molecular weight is 166 g/mol. The Morgan fingerprint density at radius 1 is 1.67 bits per heavy atom. The third-order valence-corrected chi connectivity index (χ3v) is 1.51. The molecular weight excluding hydrogens is 152 g/mol. The summed E-state index contributed by atoms with van der Waals surface area (Å²) in [6.45, 7) is 3.68. The van der Waals surface area contributed by atoms with Gasteiger partial charge in [0.25, 0.3) is 0 Å². The molecule has 0 fully saturated rings. The van der Waals surface area contributed by atoms with Crippen LogP contribution in [0.15, 0.2) is 18.3 Å². The van der Waals surface area contributed by atoms with E-state index in [-0.39, 0.29) is 5.78 Å². The number of H-pyrrole nitrogens is 1. The highest BCUT2D eigenvalue weighted by molar-refractivity contribution is 5.94. The highest BCUT2D eigenvalue weighted by Gasteiger charge is 2.17. The van der Waals surface area contributed by atoms with E-state index in [1.165, 1.54) is 0 Å². The number of nitrogens with two attached hydrogens (primary N) is 1. The summed E-state index contributed by atoms with van der Waals surface area (Å²) < 4.78 is 0. The first-order chi connectivity index (χ1) is 5.49. The van der Waals surface area contributed by atoms with Crippen LogP contribution in [0.25, 0.3) is 0 Å². The number of carbonyl (C=O) groups is 1. The number of Topliss-reactive ketones (excluding diaryl/α,β-unsaturated/α-hetero) is 1. The van der Waals surface area contributed by atoms with E-state index in [0.29, 0.717) is 12.1 Å². The first-order valence-corrected chi connectivity index (χ1v) is 3.94. The van der Waals surface area contributed by atoms with Crippen molar-refractivity contribution in [1.29, 1.82) is 0 Å². The van der Waals surface area contributed by atoms with Crippen LogP contribution in [0.2, 0.25) is 0 Å². The SMILES string of the molecule is CC(C)(N)CC(=O)c1ccc[nH]1. The monoisotopic (exact) mass is 166 g/mol. The number of aromatic nitrogens is 1. The first-order valence-electron chi connectivity index (χ1n) is 3.94. The van der Waals surface area contributed by atoms with Gasteiger partial charge in [0.1, 0.15) is 0 Å². The molecule has 1 aromatic heterocycles. The van der Waals surface area contributed by atoms with Crippen molar-refractivity contribution in [2.45, 2.75) is 25.8 Å². The molecule has 0 aliphatic heterocycles. The van der Waals surface area contributed by atoms with E-state index < -0.39 is 5.54 Å². The van der Waals surface area contributed by atoms with Crippen molar-refractivity contribution in [3.8, 4) is 0 Å². The second kappa shape index (κ2) is 3.11. The summed E-state index contributed by atoms with van der Waals surface area (Å²) in [6, 6.07) is 3.56. The van der Waals surface area contributed by atoms with E-state index in [1.807, 2.05) is 13.8 Å². The molecule has 1 heterocycles. The van der Waals surface area contributed by atoms with Crippen molar-refractivity contribution in [2.24, 2.45) is 5.73 Å². The Bertz CT molecular complexity index is 257. The highest BCUT2D eigenvalue weighted by Crippen LogP contribution is 2.09. The topological polar surface area (TPSA) is 58.9 Å². The predicted octanol–water partition coefficient (Wildman–Crippen LogP) is 1.32. The fourth-order valence-electron chi connectivity index (χ4n) is 1.01. The molecule has 0 atom stereocenters. The number of hydrogen-bond donors (Lipinski definition) is 2. The number of carbonyl (C=O) groups excluding carboxylic acids is 1. The van der Waals surface area contributed by atoms with E-state index in [4.69, 9.17) is 5.73 Å². The number of rotatable bonds is 3. The summed E-state index contributed by atoms with van der Waals surface area (Å²) in [4.78, 5) is 14.3. The van der Waals surface area contributed by atoms with Crippen molar-refractivity contribution in [3.05, 3.63) is 24.0 Å². The second-order valence-electron chi connectivity index (χ2n) is 3.67. The van der Waals surface area contributed by atoms with Gasteiger partial charge in [-0.3, -0.25) is 4.79 Å². The van der Waals surface area contributed by atoms with E-state index in [0.717, 1.165) is 0 Å². The molecule has 12 heavy (non-hydrogen) atoms. The predicted molar refractivity (Wildman–Crippen MR) is 48.0 cm³/mol. The van der Waals surface area contributed by atoms with E-state index in [9.17, 15) is 4.79 Å². The summed E-state index contributed by atoms with van der Waals surface area (Å²) in [5.74, 6) is 0.0625. The number of ketones is 1. The van der Waals surface area contributed by atoms with Crippen LogP contribution in [0.4, 0.5) is 0 Å². The number of nitrogens with one attached hydrogen (secondary N) is 1. The maximum atomic E-state index is 11.4. The molecule has 66 valence electrons. The van der Waals surface area contributed by atoms with E-state index >= 15 is 0 Å². The van der Waals surface area contributed by atoms with Gasteiger partial charge >= 0.3 is 0 Å². The van der Waals surface area contributed by atoms with Gasteiger partial charge < -0.3 is 10.7 Å². The molecule has 0 unspecified atom stereocenters. The van der Waals surface area contributed by atoms with Gasteiger partial charge in [0, 0.05) is 18.2 Å². The van der Waals surface area contributed by atoms with Gasteiger partial charge in [-0.05, 0) is 26.0 Å². The molecule has 0 bridgehead atoms. The summed E-state index contributed by atoms with van der Waals surface area (Å²) in [5, 5.41) is 0. The van der Waals surface area contributed by atoms with Crippen molar-refractivity contribution in [3.63, 3.8) is 0 Å². The first kappa shape index (κ1) is 9.00.